The van der Waals surface area contributed by atoms with Crippen molar-refractivity contribution in [2.24, 2.45) is 4.99 Å². The van der Waals surface area contributed by atoms with Crippen molar-refractivity contribution >= 4 is 48.3 Å². The van der Waals surface area contributed by atoms with Gasteiger partial charge in [0.1, 0.15) is 0 Å². The van der Waals surface area contributed by atoms with Gasteiger partial charge >= 0.3 is 82.3 Å². The van der Waals surface area contributed by atoms with Crippen molar-refractivity contribution in [3.8, 4) is 0 Å². The third kappa shape index (κ3) is 2.42. The SMILES string of the molecule is O=C=Nc1ccccc1[Se]I. The molecule has 0 aliphatic heterocycles. The van der Waals surface area contributed by atoms with Gasteiger partial charge in [-0.25, -0.2) is 0 Å². The van der Waals surface area contributed by atoms with Gasteiger partial charge in [-0.1, -0.05) is 0 Å². The van der Waals surface area contributed by atoms with E-state index in [0.717, 1.165) is 10.1 Å². The third-order valence-corrected chi connectivity index (χ3v) is 4.65. The van der Waals surface area contributed by atoms with Crippen molar-refractivity contribution in [2.45, 2.75) is 0 Å². The Morgan fingerprint density at radius 2 is 2.18 bits per heavy atom. The van der Waals surface area contributed by atoms with Crippen LogP contribution in [0.2, 0.25) is 0 Å². The first kappa shape index (κ1) is 8.94. The van der Waals surface area contributed by atoms with Crippen LogP contribution in [-0.2, 0) is 4.79 Å². The average molecular weight is 324 g/mol. The molecule has 0 bridgehead atoms. The fraction of sp³-hybridized carbons (Fsp3) is 0. The van der Waals surface area contributed by atoms with Crippen LogP contribution in [0.3, 0.4) is 0 Å². The molecular formula is C7H4INOSe. The van der Waals surface area contributed by atoms with E-state index in [1.54, 1.807) is 6.08 Å². The maximum absolute atomic E-state index is 9.96. The zero-order chi connectivity index (χ0) is 8.10. The van der Waals surface area contributed by atoms with Crippen LogP contribution >= 0.6 is 20.3 Å². The Labute approximate surface area is 82.0 Å². The van der Waals surface area contributed by atoms with E-state index in [4.69, 9.17) is 0 Å². The molecule has 0 atom stereocenters. The van der Waals surface area contributed by atoms with Crippen LogP contribution < -0.4 is 4.46 Å². The van der Waals surface area contributed by atoms with E-state index in [-0.39, 0.29) is 0 Å². The Bertz CT molecular complexity index is 296. The number of halogens is 1. The van der Waals surface area contributed by atoms with Gasteiger partial charge < -0.3 is 0 Å². The van der Waals surface area contributed by atoms with Crippen molar-refractivity contribution in [2.75, 3.05) is 0 Å². The first-order chi connectivity index (χ1) is 5.38. The maximum atomic E-state index is 9.96. The summed E-state index contributed by atoms with van der Waals surface area (Å²) in [6, 6.07) is 7.60. The van der Waals surface area contributed by atoms with E-state index < -0.39 is 0 Å². The number of para-hydroxylation sites is 1. The summed E-state index contributed by atoms with van der Waals surface area (Å²) >= 11 is 2.65. The Balaban J connectivity index is 3.11. The minimum absolute atomic E-state index is 0.356. The molecule has 56 valence electrons. The first-order valence-corrected chi connectivity index (χ1v) is 8.92. The molecule has 1 rings (SSSR count). The van der Waals surface area contributed by atoms with Crippen LogP contribution in [0, 0.1) is 0 Å². The van der Waals surface area contributed by atoms with E-state index in [1.165, 1.54) is 0 Å². The Morgan fingerprint density at radius 1 is 1.45 bits per heavy atom. The van der Waals surface area contributed by atoms with Crippen LogP contribution in [0.25, 0.3) is 0 Å². The number of nitrogens with zero attached hydrogens (tertiary/aromatic N) is 1. The van der Waals surface area contributed by atoms with Gasteiger partial charge in [-0.15, -0.1) is 0 Å². The third-order valence-electron chi connectivity index (χ3n) is 1.11. The molecule has 0 aliphatic rings. The molecule has 0 amide bonds. The monoisotopic (exact) mass is 325 g/mol. The van der Waals surface area contributed by atoms with Gasteiger partial charge in [0.25, 0.3) is 0 Å². The average Bonchev–Trinajstić information content (AvgIpc) is 2.06. The molecule has 0 saturated heterocycles. The van der Waals surface area contributed by atoms with Crippen molar-refractivity contribution in [3.63, 3.8) is 0 Å². The molecule has 11 heavy (non-hydrogen) atoms. The number of hydrogen-bond acceptors (Lipinski definition) is 2. The summed E-state index contributed by atoms with van der Waals surface area (Å²) in [7, 11) is 0. The van der Waals surface area contributed by atoms with Gasteiger partial charge in [-0.05, 0) is 0 Å². The zero-order valence-corrected chi connectivity index (χ0v) is 9.32. The molecule has 0 spiro atoms. The number of isocyanates is 1. The van der Waals surface area contributed by atoms with Gasteiger partial charge in [0, 0.05) is 0 Å². The predicted octanol–water partition coefficient (Wildman–Crippen LogP) is 1.33. The predicted molar refractivity (Wildman–Crippen MR) is 53.6 cm³/mol. The molecular weight excluding hydrogens is 320 g/mol. The standard InChI is InChI=1S/C7H4INOSe/c8-11-7-4-2-1-3-6(7)9-5-10/h1-4H. The van der Waals surface area contributed by atoms with E-state index in [2.05, 4.69) is 25.3 Å². The van der Waals surface area contributed by atoms with E-state index in [1.807, 2.05) is 24.3 Å². The second-order valence-corrected chi connectivity index (χ2v) is 5.28. The number of aliphatic imine (C=N–C) groups is 1. The summed E-state index contributed by atoms with van der Waals surface area (Å²) in [5.41, 5.74) is 0.747. The van der Waals surface area contributed by atoms with Gasteiger partial charge in [-0.3, -0.25) is 0 Å². The number of hydrogen-bond donors (Lipinski definition) is 0. The van der Waals surface area contributed by atoms with Crippen LogP contribution in [0.15, 0.2) is 29.3 Å². The molecule has 0 saturated carbocycles. The van der Waals surface area contributed by atoms with Crippen LogP contribution in [0.4, 0.5) is 5.69 Å². The molecule has 0 N–H and O–H groups in total. The Kier molecular flexibility index (Phi) is 3.80. The van der Waals surface area contributed by atoms with Crippen molar-refractivity contribution < 1.29 is 4.79 Å². The molecule has 0 radical (unpaired) electrons. The van der Waals surface area contributed by atoms with Gasteiger partial charge in [-0.2, -0.15) is 0 Å². The number of rotatable bonds is 2. The Hall–Kier alpha value is -0.151. The van der Waals surface area contributed by atoms with Crippen LogP contribution in [-0.4, -0.2) is 17.8 Å². The normalized spacial score (nSPS) is 8.82. The molecule has 1 aromatic carbocycles. The fourth-order valence-corrected chi connectivity index (χ4v) is 3.28. The summed E-state index contributed by atoms with van der Waals surface area (Å²) in [5, 5.41) is 0. The molecule has 2 nitrogen and oxygen atoms in total. The summed E-state index contributed by atoms with van der Waals surface area (Å²) in [6.45, 7) is 0. The van der Waals surface area contributed by atoms with Crippen LogP contribution in [0.5, 0.6) is 0 Å². The molecule has 0 aromatic heterocycles. The fourth-order valence-electron chi connectivity index (χ4n) is 0.664. The summed E-state index contributed by atoms with van der Waals surface area (Å²) < 4.78 is 1.13. The minimum atomic E-state index is 0.356. The molecule has 0 aliphatic carbocycles. The topological polar surface area (TPSA) is 29.4 Å². The number of benzene rings is 1. The molecule has 0 heterocycles. The van der Waals surface area contributed by atoms with E-state index >= 15 is 0 Å². The second-order valence-electron chi connectivity index (χ2n) is 1.75. The van der Waals surface area contributed by atoms with Gasteiger partial charge in [0.05, 0.1) is 0 Å². The first-order valence-electron chi connectivity index (χ1n) is 2.84. The van der Waals surface area contributed by atoms with Crippen molar-refractivity contribution in [3.05, 3.63) is 24.3 Å². The molecule has 0 fully saturated rings. The molecule has 4 heteroatoms. The van der Waals surface area contributed by atoms with E-state index in [0.29, 0.717) is 11.7 Å². The van der Waals surface area contributed by atoms with Gasteiger partial charge in [0.15, 0.2) is 0 Å². The second kappa shape index (κ2) is 4.67. The summed E-state index contributed by atoms with van der Waals surface area (Å²) in [5.74, 6) is 0. The molecule has 1 aromatic rings. The van der Waals surface area contributed by atoms with E-state index in [9.17, 15) is 4.79 Å². The molecule has 0 unspecified atom stereocenters. The van der Waals surface area contributed by atoms with Crippen molar-refractivity contribution in [1.82, 2.24) is 0 Å². The zero-order valence-electron chi connectivity index (χ0n) is 5.45. The summed E-state index contributed by atoms with van der Waals surface area (Å²) in [4.78, 5) is 13.5. The van der Waals surface area contributed by atoms with Crippen LogP contribution in [0.1, 0.15) is 0 Å². The van der Waals surface area contributed by atoms with Crippen molar-refractivity contribution in [1.29, 1.82) is 0 Å². The quantitative estimate of drug-likeness (QED) is 0.349. The van der Waals surface area contributed by atoms with Gasteiger partial charge in [0.2, 0.25) is 0 Å². The Morgan fingerprint density at radius 3 is 2.82 bits per heavy atom. The summed E-state index contributed by atoms with van der Waals surface area (Å²) in [6.07, 6.45) is 1.54. The number of carbonyl (C=O) groups excluding carboxylic acids is 1.